The van der Waals surface area contributed by atoms with Crippen molar-refractivity contribution < 1.29 is 13.9 Å². The van der Waals surface area contributed by atoms with E-state index in [9.17, 15) is 9.18 Å². The second kappa shape index (κ2) is 7.78. The second-order valence-electron chi connectivity index (χ2n) is 7.69. The third kappa shape index (κ3) is 4.36. The van der Waals surface area contributed by atoms with Crippen LogP contribution in [-0.4, -0.2) is 32.1 Å². The van der Waals surface area contributed by atoms with Crippen LogP contribution < -0.4 is 20.6 Å². The monoisotopic (exact) mass is 387 g/mol. The molecule has 0 bridgehead atoms. The van der Waals surface area contributed by atoms with E-state index in [0.717, 1.165) is 22.9 Å². The third-order valence-electron chi connectivity index (χ3n) is 4.60. The molecule has 144 valence electrons. The van der Waals surface area contributed by atoms with Crippen LogP contribution in [-0.2, 0) is 11.2 Å². The molecule has 7 heteroatoms. The average molecular weight is 388 g/mol. The molecule has 2 heterocycles. The highest BCUT2D eigenvalue weighted by atomic mass is 28.3. The van der Waals surface area contributed by atoms with E-state index in [-0.39, 0.29) is 11.7 Å². The number of hydrogen-bond acceptors (Lipinski definition) is 4. The summed E-state index contributed by atoms with van der Waals surface area (Å²) in [5.74, 6) is 0.0929. The number of aromatic nitrogens is 1. The smallest absolute Gasteiger partial charge is 0.246 e. The summed E-state index contributed by atoms with van der Waals surface area (Å²) in [4.78, 5) is 17.3. The van der Waals surface area contributed by atoms with Crippen LogP contribution in [0.25, 0.3) is 0 Å². The van der Waals surface area contributed by atoms with Gasteiger partial charge in [0.2, 0.25) is 11.8 Å². The van der Waals surface area contributed by atoms with E-state index in [4.69, 9.17) is 4.74 Å². The first-order valence-corrected chi connectivity index (χ1v) is 12.8. The summed E-state index contributed by atoms with van der Waals surface area (Å²) in [6.07, 6.45) is 0.736. The van der Waals surface area contributed by atoms with E-state index in [1.54, 1.807) is 18.2 Å². The standard InChI is InChI=1S/C20H26FN3O2Si/c1-5-26-18-9-7-14-16(24-18)10-11-22-19(14)20(25)23-13-6-8-17(15(21)12-13)27(2,3)4/h6-9,12,19,22H,5,10-11H2,1-4H3,(H,23,25)/t19-/m1/s1. The Morgan fingerprint density at radius 2 is 2.11 bits per heavy atom. The predicted octanol–water partition coefficient (Wildman–Crippen LogP) is 2.99. The number of anilines is 1. The Kier molecular flexibility index (Phi) is 5.62. The van der Waals surface area contributed by atoms with Gasteiger partial charge in [-0.25, -0.2) is 9.37 Å². The minimum absolute atomic E-state index is 0.220. The fourth-order valence-corrected chi connectivity index (χ4v) is 4.65. The molecule has 0 fully saturated rings. The first-order chi connectivity index (χ1) is 12.8. The van der Waals surface area contributed by atoms with E-state index in [1.165, 1.54) is 6.07 Å². The van der Waals surface area contributed by atoms with Crippen molar-refractivity contribution in [3.05, 3.63) is 47.4 Å². The van der Waals surface area contributed by atoms with Crippen molar-refractivity contribution in [1.82, 2.24) is 10.3 Å². The number of carbonyl (C=O) groups is 1. The Morgan fingerprint density at radius 1 is 1.33 bits per heavy atom. The molecule has 1 aromatic heterocycles. The van der Waals surface area contributed by atoms with Crippen LogP contribution in [0.2, 0.25) is 19.6 Å². The summed E-state index contributed by atoms with van der Waals surface area (Å²) in [5, 5.41) is 6.80. The lowest BCUT2D eigenvalue weighted by molar-refractivity contribution is -0.118. The maximum Gasteiger partial charge on any atom is 0.246 e. The average Bonchev–Trinajstić information content (AvgIpc) is 2.60. The van der Waals surface area contributed by atoms with Crippen molar-refractivity contribution in [3.8, 4) is 5.88 Å². The lowest BCUT2D eigenvalue weighted by atomic mass is 9.98. The third-order valence-corrected chi connectivity index (χ3v) is 6.63. The zero-order chi connectivity index (χ0) is 19.6. The Labute approximate surface area is 160 Å². The zero-order valence-electron chi connectivity index (χ0n) is 16.2. The maximum absolute atomic E-state index is 14.4. The number of nitrogens with zero attached hydrogens (tertiary/aromatic N) is 1. The fourth-order valence-electron chi connectivity index (χ4n) is 3.28. The highest BCUT2D eigenvalue weighted by Crippen LogP contribution is 2.25. The highest BCUT2D eigenvalue weighted by molar-refractivity contribution is 6.88. The Bertz CT molecular complexity index is 852. The van der Waals surface area contributed by atoms with Crippen LogP contribution in [0.15, 0.2) is 30.3 Å². The van der Waals surface area contributed by atoms with Gasteiger partial charge in [0.15, 0.2) is 0 Å². The number of halogens is 1. The van der Waals surface area contributed by atoms with Crippen LogP contribution in [0, 0.1) is 5.82 Å². The molecule has 0 saturated heterocycles. The summed E-state index contributed by atoms with van der Waals surface area (Å²) in [6, 6.07) is 8.10. The topological polar surface area (TPSA) is 63.2 Å². The number of rotatable bonds is 5. The molecule has 1 aliphatic heterocycles. The molecule has 5 nitrogen and oxygen atoms in total. The summed E-state index contributed by atoms with van der Waals surface area (Å²) >= 11 is 0. The van der Waals surface area contributed by atoms with Gasteiger partial charge in [0.25, 0.3) is 0 Å². The van der Waals surface area contributed by atoms with E-state index in [2.05, 4.69) is 35.3 Å². The molecule has 0 spiro atoms. The number of amides is 1. The summed E-state index contributed by atoms with van der Waals surface area (Å²) in [5.41, 5.74) is 2.16. The number of nitrogens with one attached hydrogen (secondary N) is 2. The van der Waals surface area contributed by atoms with Crippen LogP contribution in [0.5, 0.6) is 5.88 Å². The quantitative estimate of drug-likeness (QED) is 0.774. The number of fused-ring (bicyclic) bond motifs is 1. The summed E-state index contributed by atoms with van der Waals surface area (Å²) in [7, 11) is -1.75. The van der Waals surface area contributed by atoms with E-state index in [1.807, 2.05) is 13.0 Å². The van der Waals surface area contributed by atoms with Crippen LogP contribution in [0.3, 0.4) is 0 Å². The van der Waals surface area contributed by atoms with Gasteiger partial charge in [0.1, 0.15) is 11.9 Å². The van der Waals surface area contributed by atoms with Crippen molar-refractivity contribution in [2.24, 2.45) is 0 Å². The van der Waals surface area contributed by atoms with E-state index in [0.29, 0.717) is 24.7 Å². The van der Waals surface area contributed by atoms with E-state index >= 15 is 0 Å². The molecule has 1 atom stereocenters. The Hall–Kier alpha value is -2.25. The number of ether oxygens (including phenoxy) is 1. The van der Waals surface area contributed by atoms with Gasteiger partial charge >= 0.3 is 0 Å². The van der Waals surface area contributed by atoms with Gasteiger partial charge < -0.3 is 15.4 Å². The highest BCUT2D eigenvalue weighted by Gasteiger charge is 2.28. The van der Waals surface area contributed by atoms with Crippen molar-refractivity contribution in [2.45, 2.75) is 39.0 Å². The number of pyridine rings is 1. The molecular weight excluding hydrogens is 361 g/mol. The second-order valence-corrected chi connectivity index (χ2v) is 12.7. The van der Waals surface area contributed by atoms with Gasteiger partial charge in [-0.05, 0) is 30.3 Å². The molecule has 1 aromatic carbocycles. The van der Waals surface area contributed by atoms with Gasteiger partial charge in [0, 0.05) is 30.3 Å². The zero-order valence-corrected chi connectivity index (χ0v) is 17.2. The Morgan fingerprint density at radius 3 is 2.78 bits per heavy atom. The van der Waals surface area contributed by atoms with Crippen LogP contribution in [0.1, 0.15) is 24.2 Å². The molecule has 27 heavy (non-hydrogen) atoms. The fraction of sp³-hybridized carbons (Fsp3) is 0.400. The minimum Gasteiger partial charge on any atom is -0.478 e. The SMILES string of the molecule is CCOc1ccc2c(n1)CCN[C@H]2C(=O)Nc1ccc([Si](C)(C)C)c(F)c1. The number of carbonyl (C=O) groups excluding carboxylic acids is 1. The van der Waals surface area contributed by atoms with Crippen LogP contribution in [0.4, 0.5) is 10.1 Å². The molecule has 0 radical (unpaired) electrons. The molecule has 2 aromatic rings. The lowest BCUT2D eigenvalue weighted by Gasteiger charge is -2.26. The molecule has 2 N–H and O–H groups in total. The maximum atomic E-state index is 14.4. The largest absolute Gasteiger partial charge is 0.478 e. The van der Waals surface area contributed by atoms with Crippen LogP contribution >= 0.6 is 0 Å². The molecule has 3 rings (SSSR count). The molecular formula is C20H26FN3O2Si. The van der Waals surface area contributed by atoms with Crippen molar-refractivity contribution >= 4 is 24.9 Å². The van der Waals surface area contributed by atoms with Gasteiger partial charge in [-0.3, -0.25) is 4.79 Å². The normalized spacial score (nSPS) is 16.6. The number of hydrogen-bond donors (Lipinski definition) is 2. The first kappa shape index (κ1) is 19.5. The van der Waals surface area contributed by atoms with Crippen molar-refractivity contribution in [1.29, 1.82) is 0 Å². The van der Waals surface area contributed by atoms with Gasteiger partial charge in [-0.1, -0.05) is 25.7 Å². The molecule has 0 saturated carbocycles. The molecule has 1 aliphatic rings. The minimum atomic E-state index is -1.75. The van der Waals surface area contributed by atoms with Gasteiger partial charge in [0.05, 0.1) is 20.4 Å². The van der Waals surface area contributed by atoms with E-state index < -0.39 is 14.1 Å². The molecule has 1 amide bonds. The summed E-state index contributed by atoms with van der Waals surface area (Å²) in [6.45, 7) is 9.39. The lowest BCUT2D eigenvalue weighted by Crippen LogP contribution is -2.40. The molecule has 0 aliphatic carbocycles. The number of benzene rings is 1. The summed E-state index contributed by atoms with van der Waals surface area (Å²) < 4.78 is 19.9. The van der Waals surface area contributed by atoms with Gasteiger partial charge in [-0.2, -0.15) is 0 Å². The Balaban J connectivity index is 1.79. The predicted molar refractivity (Wildman–Crippen MR) is 108 cm³/mol. The van der Waals surface area contributed by atoms with Crippen molar-refractivity contribution in [2.75, 3.05) is 18.5 Å². The molecule has 0 unspecified atom stereocenters. The van der Waals surface area contributed by atoms with Gasteiger partial charge in [-0.15, -0.1) is 0 Å². The first-order valence-electron chi connectivity index (χ1n) is 9.26. The van der Waals surface area contributed by atoms with Crippen molar-refractivity contribution in [3.63, 3.8) is 0 Å².